The van der Waals surface area contributed by atoms with E-state index in [0.717, 1.165) is 0 Å². The number of rotatable bonds is 3. The molecule has 10 atom stereocenters. The fourth-order valence-corrected chi connectivity index (χ4v) is 8.09. The number of phosphoric ester groups is 2. The van der Waals surface area contributed by atoms with Gasteiger partial charge in [-0.3, -0.25) is 32.4 Å². The number of aliphatic hydroxyl groups excluding tert-OH is 1. The Morgan fingerprint density at radius 1 is 0.978 bits per heavy atom. The molecule has 8 N–H and O–H groups in total. The van der Waals surface area contributed by atoms with Crippen molar-refractivity contribution in [3.05, 3.63) is 29.3 Å². The van der Waals surface area contributed by atoms with Gasteiger partial charge in [0.1, 0.15) is 42.4 Å². The number of aromatic amines is 1. The molecule has 0 spiro atoms. The second-order valence-corrected chi connectivity index (χ2v) is 13.7. The number of hydrogen-bond acceptors (Lipinski definition) is 17. The molecule has 46 heavy (non-hydrogen) atoms. The molecular formula is C22H28N10O12P2. The first-order valence-corrected chi connectivity index (χ1v) is 16.7. The first-order chi connectivity index (χ1) is 21.9. The molecule has 1 aliphatic carbocycles. The number of imidazole rings is 2. The van der Waals surface area contributed by atoms with Gasteiger partial charge in [0.25, 0.3) is 5.56 Å². The van der Waals surface area contributed by atoms with Crippen LogP contribution in [0.5, 0.6) is 0 Å². The lowest BCUT2D eigenvalue weighted by Gasteiger charge is -2.29. The summed E-state index contributed by atoms with van der Waals surface area (Å²) in [5, 5.41) is 11.3. The summed E-state index contributed by atoms with van der Waals surface area (Å²) in [4.78, 5) is 56.5. The van der Waals surface area contributed by atoms with Crippen molar-refractivity contribution < 1.29 is 51.6 Å². The normalized spacial score (nSPS) is 37.1. The number of aliphatic hydroxyl groups is 1. The van der Waals surface area contributed by atoms with Gasteiger partial charge in [-0.15, -0.1) is 0 Å². The zero-order chi connectivity index (χ0) is 32.5. The first-order valence-electron chi connectivity index (χ1n) is 13.7. The number of nitrogen functional groups attached to an aromatic ring is 2. The summed E-state index contributed by atoms with van der Waals surface area (Å²) in [5.74, 6) is -1.07. The van der Waals surface area contributed by atoms with E-state index in [1.807, 2.05) is 0 Å². The highest BCUT2D eigenvalue weighted by molar-refractivity contribution is 7.47. The van der Waals surface area contributed by atoms with Gasteiger partial charge in [-0.25, -0.2) is 29.1 Å². The van der Waals surface area contributed by atoms with Crippen LogP contribution in [0.15, 0.2) is 23.8 Å². The second kappa shape index (κ2) is 11.4. The Labute approximate surface area is 256 Å². The Hall–Kier alpha value is -3.40. The van der Waals surface area contributed by atoms with Crippen LogP contribution in [-0.2, 0) is 36.7 Å². The topological polar surface area (TPSA) is 309 Å². The van der Waals surface area contributed by atoms with E-state index in [2.05, 4.69) is 29.9 Å². The number of nitrogens with zero attached hydrogens (tertiary/aromatic N) is 7. The van der Waals surface area contributed by atoms with Gasteiger partial charge in [0, 0.05) is 13.0 Å². The number of anilines is 2. The van der Waals surface area contributed by atoms with Crippen molar-refractivity contribution in [2.75, 3.05) is 31.8 Å². The third-order valence-electron chi connectivity index (χ3n) is 8.13. The van der Waals surface area contributed by atoms with Crippen molar-refractivity contribution in [3.8, 4) is 0 Å². The van der Waals surface area contributed by atoms with E-state index in [1.165, 1.54) is 35.2 Å². The summed E-state index contributed by atoms with van der Waals surface area (Å²) in [6.45, 7) is -1.26. The molecule has 2 aliphatic heterocycles. The molecule has 0 amide bonds. The smallest absolute Gasteiger partial charge is 0.388 e. The molecular weight excluding hydrogens is 658 g/mol. The molecule has 4 aromatic heterocycles. The van der Waals surface area contributed by atoms with E-state index in [1.54, 1.807) is 0 Å². The Balaban J connectivity index is 1.18. The maximum absolute atomic E-state index is 13.3. The van der Waals surface area contributed by atoms with E-state index >= 15 is 0 Å². The minimum Gasteiger partial charge on any atom is -0.388 e. The molecule has 24 heteroatoms. The average molecular weight is 686 g/mol. The molecule has 1 saturated carbocycles. The Morgan fingerprint density at radius 2 is 1.67 bits per heavy atom. The number of nitrogens with two attached hydrogens (primary N) is 2. The predicted molar refractivity (Wildman–Crippen MR) is 151 cm³/mol. The van der Waals surface area contributed by atoms with Crippen LogP contribution in [0.1, 0.15) is 18.7 Å². The highest BCUT2D eigenvalue weighted by Crippen LogP contribution is 2.55. The molecule has 3 aliphatic rings. The van der Waals surface area contributed by atoms with Gasteiger partial charge in [0.15, 0.2) is 28.9 Å². The van der Waals surface area contributed by atoms with Crippen LogP contribution in [0, 0.1) is 5.92 Å². The standard InChI is InChI=1S/C22H28N10O12P2/c1-39-16-15-10(42-21(16)32-7-27-11-17(23)25-5-26-18(11)32)4-41-46(37,38)43-14-8(3-40-45(35,36)44-15)2-9(13(14)33)31-6-28-12-19(31)29-22(24)30-20(12)34/h5-10,13-16,21,33H,2-4H2,1H3,(H,35,36)(H,37,38)(H2,23,25,26)(H3,24,29,30,34)/t8-,9-,10-,13?,14+,15?,16+,21-/m1/s1. The zero-order valence-corrected chi connectivity index (χ0v) is 25.5. The van der Waals surface area contributed by atoms with Crippen LogP contribution in [0.2, 0.25) is 0 Å². The van der Waals surface area contributed by atoms with E-state index in [0.29, 0.717) is 0 Å². The van der Waals surface area contributed by atoms with Gasteiger partial charge in [-0.05, 0) is 6.42 Å². The van der Waals surface area contributed by atoms with Crippen LogP contribution >= 0.6 is 15.6 Å². The number of aromatic nitrogens is 8. The lowest BCUT2D eigenvalue weighted by molar-refractivity contribution is -0.0632. The van der Waals surface area contributed by atoms with E-state index in [-0.39, 0.29) is 40.5 Å². The molecule has 3 fully saturated rings. The number of fused-ring (bicyclic) bond motifs is 4. The molecule has 22 nitrogen and oxygen atoms in total. The number of hydrogen-bond donors (Lipinski definition) is 6. The number of phosphoric acid groups is 2. The van der Waals surface area contributed by atoms with Gasteiger partial charge in [-0.1, -0.05) is 0 Å². The maximum Gasteiger partial charge on any atom is 0.472 e. The molecule has 6 heterocycles. The van der Waals surface area contributed by atoms with E-state index in [4.69, 9.17) is 39.0 Å². The second-order valence-electron chi connectivity index (χ2n) is 10.8. The summed E-state index contributed by atoms with van der Waals surface area (Å²) < 4.78 is 62.6. The molecule has 0 radical (unpaired) electrons. The van der Waals surface area contributed by atoms with Gasteiger partial charge in [-0.2, -0.15) is 4.98 Å². The van der Waals surface area contributed by atoms with Gasteiger partial charge >= 0.3 is 15.6 Å². The van der Waals surface area contributed by atoms with Gasteiger partial charge in [0.05, 0.1) is 31.9 Å². The monoisotopic (exact) mass is 686 g/mol. The Morgan fingerprint density at radius 3 is 2.43 bits per heavy atom. The predicted octanol–water partition coefficient (Wildman–Crippen LogP) is -1.02. The third-order valence-corrected chi connectivity index (χ3v) is 10.1. The van der Waals surface area contributed by atoms with Crippen LogP contribution in [0.3, 0.4) is 0 Å². The van der Waals surface area contributed by atoms with Crippen LogP contribution in [0.4, 0.5) is 11.8 Å². The highest BCUT2D eigenvalue weighted by atomic mass is 31.2. The fraction of sp³-hybridized carbons (Fsp3) is 0.545. The Kier molecular flexibility index (Phi) is 7.73. The third kappa shape index (κ3) is 5.40. The molecule has 4 aromatic rings. The maximum atomic E-state index is 13.3. The van der Waals surface area contributed by atoms with Crippen LogP contribution < -0.4 is 17.0 Å². The van der Waals surface area contributed by atoms with Crippen molar-refractivity contribution in [2.45, 2.75) is 49.2 Å². The van der Waals surface area contributed by atoms with Crippen LogP contribution in [-0.4, -0.2) is 105 Å². The number of nitrogens with one attached hydrogen (secondary N) is 1. The summed E-state index contributed by atoms with van der Waals surface area (Å²) in [5.41, 5.74) is 11.5. The fourth-order valence-electron chi connectivity index (χ4n) is 6.08. The summed E-state index contributed by atoms with van der Waals surface area (Å²) in [6.07, 6.45) is -4.10. The zero-order valence-electron chi connectivity index (χ0n) is 23.7. The average Bonchev–Trinajstić information content (AvgIpc) is 3.75. The number of ether oxygens (including phenoxy) is 2. The first kappa shape index (κ1) is 31.2. The molecule has 248 valence electrons. The van der Waals surface area contributed by atoms with Gasteiger partial charge < -0.3 is 40.4 Å². The minimum absolute atomic E-state index is 0.0353. The number of H-pyrrole nitrogens is 1. The highest BCUT2D eigenvalue weighted by Gasteiger charge is 2.54. The molecule has 4 unspecified atom stereocenters. The van der Waals surface area contributed by atoms with E-state index in [9.17, 15) is 28.8 Å². The molecule has 2 saturated heterocycles. The van der Waals surface area contributed by atoms with Crippen LogP contribution in [0.25, 0.3) is 22.3 Å². The summed E-state index contributed by atoms with van der Waals surface area (Å²) in [7, 11) is -8.54. The molecule has 0 bridgehead atoms. The lowest BCUT2D eigenvalue weighted by atomic mass is 10.1. The molecule has 7 rings (SSSR count). The quantitative estimate of drug-likeness (QED) is 0.140. The minimum atomic E-state index is -4.94. The SMILES string of the molecule is CO[C@H]1C2OP(=O)(O)OC[C@H]3C[C@@H](n4cnc5c(=O)[nH]c(N)nc54)C(O)[C@H]3OP(=O)(O)OC[C@H]2O[C@H]1n1cnc2c(N)ncnc21. The lowest BCUT2D eigenvalue weighted by Crippen LogP contribution is -2.38. The van der Waals surface area contributed by atoms with Crippen molar-refractivity contribution >= 4 is 49.7 Å². The largest absolute Gasteiger partial charge is 0.472 e. The van der Waals surface area contributed by atoms with Crippen molar-refractivity contribution in [3.63, 3.8) is 0 Å². The number of methoxy groups -OCH3 is 1. The van der Waals surface area contributed by atoms with Crippen molar-refractivity contribution in [1.29, 1.82) is 0 Å². The molecule has 0 aromatic carbocycles. The Bertz CT molecular complexity index is 1950. The summed E-state index contributed by atoms with van der Waals surface area (Å²) in [6, 6.07) is -0.939. The van der Waals surface area contributed by atoms with Crippen molar-refractivity contribution in [1.82, 2.24) is 39.0 Å². The van der Waals surface area contributed by atoms with E-state index < -0.39 is 83.1 Å². The summed E-state index contributed by atoms with van der Waals surface area (Å²) >= 11 is 0. The van der Waals surface area contributed by atoms with Gasteiger partial charge in [0.2, 0.25) is 5.95 Å². The van der Waals surface area contributed by atoms with Crippen molar-refractivity contribution in [2.24, 2.45) is 5.92 Å².